The average molecular weight is 495 g/mol. The van der Waals surface area contributed by atoms with E-state index in [1.165, 1.54) is 23.6 Å². The van der Waals surface area contributed by atoms with Gasteiger partial charge in [0.25, 0.3) is 0 Å². The Balaban J connectivity index is 1.24. The van der Waals surface area contributed by atoms with Crippen molar-refractivity contribution in [2.45, 2.75) is 71.8 Å². The van der Waals surface area contributed by atoms with Crippen LogP contribution in [0.3, 0.4) is 0 Å². The molecule has 2 aromatic rings. The highest BCUT2D eigenvalue weighted by molar-refractivity contribution is 6.06. The van der Waals surface area contributed by atoms with E-state index in [4.69, 9.17) is 4.74 Å². The van der Waals surface area contributed by atoms with Crippen LogP contribution in [0.5, 0.6) is 0 Å². The number of hydrogen-bond acceptors (Lipinski definition) is 3. The molecule has 6 rings (SSSR count). The second kappa shape index (κ2) is 9.11. The van der Waals surface area contributed by atoms with Gasteiger partial charge in [0.05, 0.1) is 0 Å². The van der Waals surface area contributed by atoms with E-state index < -0.39 is 0 Å². The smallest absolute Gasteiger partial charge is 0.302 e. The van der Waals surface area contributed by atoms with Gasteiger partial charge in [0.2, 0.25) is 0 Å². The van der Waals surface area contributed by atoms with E-state index in [2.05, 4.69) is 74.5 Å². The maximum absolute atomic E-state index is 13.8. The second-order valence-electron chi connectivity index (χ2n) is 12.4. The molecule has 0 radical (unpaired) electrons. The zero-order valence-electron chi connectivity index (χ0n) is 22.3. The largest absolute Gasteiger partial charge is 0.462 e. The lowest BCUT2D eigenvalue weighted by Gasteiger charge is -2.56. The summed E-state index contributed by atoms with van der Waals surface area (Å²) in [5.41, 5.74) is 5.96. The first kappa shape index (κ1) is 24.4. The minimum absolute atomic E-state index is 0.0260. The van der Waals surface area contributed by atoms with Crippen molar-refractivity contribution in [3.63, 3.8) is 0 Å². The molecule has 6 atom stereocenters. The maximum Gasteiger partial charge on any atom is 0.302 e. The number of Topliss-reactive ketones (excluding diaryl/α,β-unsaturated/α-hetero) is 1. The molecule has 0 amide bonds. The molecule has 0 N–H and O–H groups in total. The summed E-state index contributed by atoms with van der Waals surface area (Å²) in [6, 6.07) is 19.0. The third-order valence-corrected chi connectivity index (χ3v) is 10.4. The first-order valence-electron chi connectivity index (χ1n) is 14.1. The maximum atomic E-state index is 13.8. The minimum atomic E-state index is -0.242. The summed E-state index contributed by atoms with van der Waals surface area (Å²) >= 11 is 0. The summed E-state index contributed by atoms with van der Waals surface area (Å²) in [5, 5.41) is 0. The van der Waals surface area contributed by atoms with Gasteiger partial charge in [-0.25, -0.2) is 0 Å². The lowest BCUT2D eigenvalue weighted by molar-refractivity contribution is -0.148. The van der Waals surface area contributed by atoms with Gasteiger partial charge in [0, 0.05) is 18.8 Å². The fourth-order valence-corrected chi connectivity index (χ4v) is 8.37. The third-order valence-electron chi connectivity index (χ3n) is 10.4. The van der Waals surface area contributed by atoms with Crippen molar-refractivity contribution >= 4 is 17.8 Å². The third kappa shape index (κ3) is 4.11. The lowest BCUT2D eigenvalue weighted by atomic mass is 9.48. The van der Waals surface area contributed by atoms with Crippen LogP contribution >= 0.6 is 0 Å². The first-order valence-corrected chi connectivity index (χ1v) is 14.1. The Morgan fingerprint density at radius 3 is 2.32 bits per heavy atom. The van der Waals surface area contributed by atoms with Crippen LogP contribution in [0.15, 0.2) is 71.8 Å². The lowest BCUT2D eigenvalue weighted by Crippen LogP contribution is -2.50. The second-order valence-corrected chi connectivity index (χ2v) is 12.4. The average Bonchev–Trinajstić information content (AvgIpc) is 3.15. The predicted octanol–water partition coefficient (Wildman–Crippen LogP) is 7.81. The number of fused-ring (bicyclic) bond motifs is 5. The molecule has 0 saturated heterocycles. The van der Waals surface area contributed by atoms with Crippen molar-refractivity contribution in [2.75, 3.05) is 0 Å². The molecule has 2 aromatic carbocycles. The Morgan fingerprint density at radius 1 is 0.892 bits per heavy atom. The van der Waals surface area contributed by atoms with Gasteiger partial charge in [-0.3, -0.25) is 9.59 Å². The molecular weight excluding hydrogens is 456 g/mol. The first-order chi connectivity index (χ1) is 17.8. The summed E-state index contributed by atoms with van der Waals surface area (Å²) in [5.74, 6) is 1.78. The van der Waals surface area contributed by atoms with Gasteiger partial charge in [0.15, 0.2) is 5.78 Å². The molecule has 3 nitrogen and oxygen atoms in total. The van der Waals surface area contributed by atoms with E-state index in [-0.39, 0.29) is 22.9 Å². The number of esters is 1. The zero-order valence-corrected chi connectivity index (χ0v) is 22.3. The molecule has 0 aliphatic heterocycles. The number of hydrogen-bond donors (Lipinski definition) is 0. The van der Waals surface area contributed by atoms with Crippen LogP contribution < -0.4 is 0 Å². The molecule has 0 heterocycles. The molecule has 4 aliphatic rings. The van der Waals surface area contributed by atoms with E-state index >= 15 is 0 Å². The molecule has 3 saturated carbocycles. The molecule has 0 aromatic heterocycles. The molecule has 0 unspecified atom stereocenters. The molecule has 0 spiro atoms. The Labute approximate surface area is 221 Å². The van der Waals surface area contributed by atoms with E-state index in [1.54, 1.807) is 0 Å². The van der Waals surface area contributed by atoms with E-state index in [0.29, 0.717) is 23.5 Å². The normalized spacial score (nSPS) is 35.8. The van der Waals surface area contributed by atoms with Gasteiger partial charge in [-0.1, -0.05) is 80.1 Å². The van der Waals surface area contributed by atoms with Crippen LogP contribution in [0, 0.1) is 28.6 Å². The summed E-state index contributed by atoms with van der Waals surface area (Å²) in [6.45, 7) is 6.21. The Bertz CT molecular complexity index is 1270. The van der Waals surface area contributed by atoms with Crippen LogP contribution in [0.2, 0.25) is 0 Å². The monoisotopic (exact) mass is 494 g/mol. The zero-order chi connectivity index (χ0) is 25.8. The van der Waals surface area contributed by atoms with Crippen LogP contribution in [0.4, 0.5) is 0 Å². The highest BCUT2D eigenvalue weighted by Crippen LogP contribution is 2.64. The summed E-state index contributed by atoms with van der Waals surface area (Å²) in [4.78, 5) is 25.3. The van der Waals surface area contributed by atoms with Crippen molar-refractivity contribution < 1.29 is 14.3 Å². The van der Waals surface area contributed by atoms with Crippen molar-refractivity contribution in [3.05, 3.63) is 77.4 Å². The predicted molar refractivity (Wildman–Crippen MR) is 148 cm³/mol. The topological polar surface area (TPSA) is 43.4 Å². The Hall–Kier alpha value is -2.94. The molecule has 192 valence electrons. The van der Waals surface area contributed by atoms with Gasteiger partial charge in [-0.15, -0.1) is 0 Å². The fourth-order valence-electron chi connectivity index (χ4n) is 8.37. The van der Waals surface area contributed by atoms with Crippen molar-refractivity contribution in [2.24, 2.45) is 28.6 Å². The molecule has 37 heavy (non-hydrogen) atoms. The quantitative estimate of drug-likeness (QED) is 0.248. The fraction of sp³-hybridized carbons (Fsp3) is 0.471. The summed E-state index contributed by atoms with van der Waals surface area (Å²) < 4.78 is 5.59. The Morgan fingerprint density at radius 2 is 1.59 bits per heavy atom. The van der Waals surface area contributed by atoms with Gasteiger partial charge in [-0.05, 0) is 90.0 Å². The van der Waals surface area contributed by atoms with Crippen molar-refractivity contribution in [3.8, 4) is 11.1 Å². The molecular formula is C34H38O3. The highest BCUT2D eigenvalue weighted by Gasteiger charge is 2.60. The van der Waals surface area contributed by atoms with Gasteiger partial charge < -0.3 is 4.74 Å². The van der Waals surface area contributed by atoms with Gasteiger partial charge >= 0.3 is 5.97 Å². The summed E-state index contributed by atoms with van der Waals surface area (Å²) in [6.07, 6.45) is 11.6. The van der Waals surface area contributed by atoms with Crippen LogP contribution in [-0.4, -0.2) is 17.9 Å². The van der Waals surface area contributed by atoms with Crippen molar-refractivity contribution in [1.82, 2.24) is 0 Å². The number of allylic oxidation sites excluding steroid dienone is 2. The molecule has 0 bridgehead atoms. The number of carbonyl (C=O) groups excluding carboxylic acids is 2. The standard InChI is InChI=1S/C34H38O3/c1-22(35)37-28-15-17-33(2)27(21-28)13-14-29-30(33)16-18-34(3)31(29)20-26(32(34)36)19-23-9-11-25(12-10-23)24-7-5-4-6-8-24/h4-13,19,28-31H,14-18,20-21H2,1-3H3/b26-19+/t28-,29+,30-,31-,33-,34-/m0/s1. The summed E-state index contributed by atoms with van der Waals surface area (Å²) in [7, 11) is 0. The van der Waals surface area contributed by atoms with Gasteiger partial charge in [-0.2, -0.15) is 0 Å². The molecule has 3 heteroatoms. The van der Waals surface area contributed by atoms with Crippen LogP contribution in [0.1, 0.15) is 71.3 Å². The highest BCUT2D eigenvalue weighted by atomic mass is 16.5. The number of benzene rings is 2. The molecule has 3 fully saturated rings. The number of carbonyl (C=O) groups is 2. The van der Waals surface area contributed by atoms with Crippen LogP contribution in [-0.2, 0) is 14.3 Å². The van der Waals surface area contributed by atoms with E-state index in [1.807, 2.05) is 6.07 Å². The van der Waals surface area contributed by atoms with Crippen LogP contribution in [0.25, 0.3) is 17.2 Å². The van der Waals surface area contributed by atoms with E-state index in [9.17, 15) is 9.59 Å². The number of ketones is 1. The number of ether oxygens (including phenoxy) is 1. The van der Waals surface area contributed by atoms with E-state index in [0.717, 1.165) is 56.1 Å². The molecule has 4 aliphatic carbocycles. The minimum Gasteiger partial charge on any atom is -0.462 e. The number of rotatable bonds is 3. The Kier molecular flexibility index (Phi) is 6.01. The van der Waals surface area contributed by atoms with Gasteiger partial charge in [0.1, 0.15) is 6.10 Å². The van der Waals surface area contributed by atoms with Crippen molar-refractivity contribution in [1.29, 1.82) is 0 Å². The SMILES string of the molecule is CC(=O)O[C@H]1CC[C@@]2(C)C(=CC[C@@H]3[C@@H]2CC[C@]2(C)C(=O)/C(=C/c4ccc(-c5ccccc5)cc4)C[C@@H]32)C1.